The van der Waals surface area contributed by atoms with E-state index in [1.807, 2.05) is 51.4 Å². The number of aryl methyl sites for hydroxylation is 1. The van der Waals surface area contributed by atoms with Gasteiger partial charge in [0.25, 0.3) is 0 Å². The largest absolute Gasteiger partial charge is 0.339 e. The van der Waals surface area contributed by atoms with Crippen LogP contribution in [-0.2, 0) is 24.2 Å². The molecule has 0 spiro atoms. The zero-order valence-electron chi connectivity index (χ0n) is 15.9. The lowest BCUT2D eigenvalue weighted by Gasteiger charge is -2.22. The molecule has 7 heteroatoms. The molecule has 0 bridgehead atoms. The van der Waals surface area contributed by atoms with Crippen molar-refractivity contribution < 1.29 is 9.32 Å². The molecule has 29 heavy (non-hydrogen) atoms. The van der Waals surface area contributed by atoms with Crippen LogP contribution in [0.15, 0.2) is 69.2 Å². The topological polar surface area (TPSA) is 59.2 Å². The van der Waals surface area contributed by atoms with Crippen LogP contribution in [0.4, 0.5) is 0 Å². The van der Waals surface area contributed by atoms with Crippen molar-refractivity contribution in [1.82, 2.24) is 15.0 Å². The first-order chi connectivity index (χ1) is 14.3. The lowest BCUT2D eigenvalue weighted by molar-refractivity contribution is -0.131. The van der Waals surface area contributed by atoms with E-state index in [0.29, 0.717) is 37.6 Å². The molecule has 0 unspecified atom stereocenters. The van der Waals surface area contributed by atoms with E-state index in [-0.39, 0.29) is 5.91 Å². The Balaban J connectivity index is 1.37. The molecule has 4 rings (SSSR count). The summed E-state index contributed by atoms with van der Waals surface area (Å²) in [6.45, 7) is 1.32. The highest BCUT2D eigenvalue weighted by atomic mass is 32.1. The summed E-state index contributed by atoms with van der Waals surface area (Å²) in [4.78, 5) is 20.5. The third-order valence-electron chi connectivity index (χ3n) is 4.59. The first kappa shape index (κ1) is 19.5. The Morgan fingerprint density at radius 1 is 1.03 bits per heavy atom. The minimum Gasteiger partial charge on any atom is -0.339 e. The van der Waals surface area contributed by atoms with Gasteiger partial charge >= 0.3 is 0 Å². The molecule has 3 heterocycles. The molecule has 0 aliphatic carbocycles. The first-order valence-corrected chi connectivity index (χ1v) is 11.3. The Morgan fingerprint density at radius 3 is 2.69 bits per heavy atom. The molecule has 0 fully saturated rings. The molecule has 0 atom stereocenters. The summed E-state index contributed by atoms with van der Waals surface area (Å²) in [5.74, 6) is 1.18. The number of hydrogen-bond donors (Lipinski definition) is 0. The standard InChI is InChI=1S/C22H21N3O2S2/c26-21(9-8-20-23-22(24-27-20)18-11-14-28-16-18)25(15-19-7-4-13-29-19)12-10-17-5-2-1-3-6-17/h1-7,11,13-14,16H,8-10,12,15H2. The summed E-state index contributed by atoms with van der Waals surface area (Å²) < 4.78 is 5.33. The van der Waals surface area contributed by atoms with Crippen LogP contribution in [0.2, 0.25) is 0 Å². The maximum Gasteiger partial charge on any atom is 0.227 e. The summed E-state index contributed by atoms with van der Waals surface area (Å²) in [6, 6.07) is 16.3. The highest BCUT2D eigenvalue weighted by molar-refractivity contribution is 7.09. The van der Waals surface area contributed by atoms with E-state index < -0.39 is 0 Å². The van der Waals surface area contributed by atoms with Crippen molar-refractivity contribution in [3.05, 3.63) is 81.0 Å². The second-order valence-electron chi connectivity index (χ2n) is 6.65. The van der Waals surface area contributed by atoms with Gasteiger partial charge in [-0.05, 0) is 34.9 Å². The van der Waals surface area contributed by atoms with Crippen molar-refractivity contribution in [2.24, 2.45) is 0 Å². The Morgan fingerprint density at radius 2 is 1.93 bits per heavy atom. The van der Waals surface area contributed by atoms with Crippen molar-refractivity contribution in [1.29, 1.82) is 0 Å². The average Bonchev–Trinajstić information content (AvgIpc) is 3.52. The van der Waals surface area contributed by atoms with Crippen LogP contribution in [-0.4, -0.2) is 27.5 Å². The van der Waals surface area contributed by atoms with Crippen LogP contribution in [0.1, 0.15) is 22.8 Å². The van der Waals surface area contributed by atoms with E-state index in [1.165, 1.54) is 10.4 Å². The summed E-state index contributed by atoms with van der Waals surface area (Å²) >= 11 is 3.26. The monoisotopic (exact) mass is 423 g/mol. The van der Waals surface area contributed by atoms with E-state index in [9.17, 15) is 4.79 Å². The van der Waals surface area contributed by atoms with Gasteiger partial charge in [0.15, 0.2) is 0 Å². The minimum atomic E-state index is 0.101. The lowest BCUT2D eigenvalue weighted by Crippen LogP contribution is -2.32. The summed E-state index contributed by atoms with van der Waals surface area (Å²) in [5.41, 5.74) is 2.17. The predicted molar refractivity (Wildman–Crippen MR) is 116 cm³/mol. The van der Waals surface area contributed by atoms with E-state index in [2.05, 4.69) is 28.3 Å². The zero-order valence-corrected chi connectivity index (χ0v) is 17.5. The molecule has 4 aromatic rings. The lowest BCUT2D eigenvalue weighted by atomic mass is 10.1. The van der Waals surface area contributed by atoms with Crippen molar-refractivity contribution in [3.63, 3.8) is 0 Å². The van der Waals surface area contributed by atoms with Crippen molar-refractivity contribution in [3.8, 4) is 11.4 Å². The van der Waals surface area contributed by atoms with E-state index in [1.54, 1.807) is 22.7 Å². The molecule has 1 aromatic carbocycles. The smallest absolute Gasteiger partial charge is 0.227 e. The molecule has 0 N–H and O–H groups in total. The number of rotatable bonds is 9. The fraction of sp³-hybridized carbons (Fsp3) is 0.227. The number of aromatic nitrogens is 2. The Kier molecular flexibility index (Phi) is 6.49. The van der Waals surface area contributed by atoms with Crippen LogP contribution >= 0.6 is 22.7 Å². The number of amides is 1. The normalized spacial score (nSPS) is 10.9. The molecule has 0 saturated carbocycles. The molecule has 5 nitrogen and oxygen atoms in total. The summed E-state index contributed by atoms with van der Waals surface area (Å²) in [7, 11) is 0. The van der Waals surface area contributed by atoms with Crippen molar-refractivity contribution in [2.45, 2.75) is 25.8 Å². The zero-order chi connectivity index (χ0) is 19.9. The predicted octanol–water partition coefficient (Wildman–Crippen LogP) is 5.06. The maximum absolute atomic E-state index is 12.9. The quantitative estimate of drug-likeness (QED) is 0.377. The Labute approximate surface area is 177 Å². The molecule has 0 saturated heterocycles. The number of carbonyl (C=O) groups is 1. The molecule has 0 aliphatic heterocycles. The van der Waals surface area contributed by atoms with Crippen LogP contribution in [0.5, 0.6) is 0 Å². The van der Waals surface area contributed by atoms with Gasteiger partial charge in [0.05, 0.1) is 6.54 Å². The van der Waals surface area contributed by atoms with Gasteiger partial charge in [0.2, 0.25) is 17.6 Å². The molecule has 3 aromatic heterocycles. The van der Waals surface area contributed by atoms with Gasteiger partial charge in [0, 0.05) is 35.2 Å². The van der Waals surface area contributed by atoms with Gasteiger partial charge in [-0.3, -0.25) is 4.79 Å². The third-order valence-corrected chi connectivity index (χ3v) is 6.14. The van der Waals surface area contributed by atoms with Gasteiger partial charge in [-0.25, -0.2) is 0 Å². The fourth-order valence-corrected chi connectivity index (χ4v) is 4.38. The van der Waals surface area contributed by atoms with Gasteiger partial charge < -0.3 is 9.42 Å². The van der Waals surface area contributed by atoms with Gasteiger partial charge in [-0.2, -0.15) is 16.3 Å². The molecule has 0 aliphatic rings. The van der Waals surface area contributed by atoms with E-state index in [0.717, 1.165) is 12.0 Å². The van der Waals surface area contributed by atoms with Crippen LogP contribution < -0.4 is 0 Å². The minimum absolute atomic E-state index is 0.101. The number of thiophene rings is 2. The van der Waals surface area contributed by atoms with Gasteiger partial charge in [-0.1, -0.05) is 41.6 Å². The fourth-order valence-electron chi connectivity index (χ4n) is 3.03. The molecule has 0 radical (unpaired) electrons. The molecular formula is C22H21N3O2S2. The maximum atomic E-state index is 12.9. The number of nitrogens with zero attached hydrogens (tertiary/aromatic N) is 3. The third kappa shape index (κ3) is 5.40. The summed E-state index contributed by atoms with van der Waals surface area (Å²) in [5, 5.41) is 10.0. The van der Waals surface area contributed by atoms with Gasteiger partial charge in [0.1, 0.15) is 0 Å². The molecular weight excluding hydrogens is 402 g/mol. The molecule has 148 valence electrons. The van der Waals surface area contributed by atoms with Crippen LogP contribution in [0.25, 0.3) is 11.4 Å². The van der Waals surface area contributed by atoms with Crippen molar-refractivity contribution in [2.75, 3.05) is 6.54 Å². The van der Waals surface area contributed by atoms with Crippen LogP contribution in [0.3, 0.4) is 0 Å². The Bertz CT molecular complexity index is 1010. The SMILES string of the molecule is O=C(CCc1nc(-c2ccsc2)no1)N(CCc1ccccc1)Cc1cccs1. The number of benzene rings is 1. The number of carbonyl (C=O) groups excluding carboxylic acids is 1. The highest BCUT2D eigenvalue weighted by Gasteiger charge is 2.17. The van der Waals surface area contributed by atoms with E-state index >= 15 is 0 Å². The van der Waals surface area contributed by atoms with E-state index in [4.69, 9.17) is 4.52 Å². The first-order valence-electron chi connectivity index (χ1n) is 9.47. The molecule has 1 amide bonds. The van der Waals surface area contributed by atoms with Crippen LogP contribution in [0, 0.1) is 0 Å². The second-order valence-corrected chi connectivity index (χ2v) is 8.47. The average molecular weight is 424 g/mol. The van der Waals surface area contributed by atoms with Gasteiger partial charge in [-0.15, -0.1) is 11.3 Å². The second kappa shape index (κ2) is 9.62. The summed E-state index contributed by atoms with van der Waals surface area (Å²) in [6.07, 6.45) is 1.63. The van der Waals surface area contributed by atoms with Crippen molar-refractivity contribution >= 4 is 28.6 Å². The number of hydrogen-bond acceptors (Lipinski definition) is 6. The Hall–Kier alpha value is -2.77. The highest BCUT2D eigenvalue weighted by Crippen LogP contribution is 2.19.